The number of carbonyl (C=O) groups excluding carboxylic acids is 2. The average Bonchev–Trinajstić information content (AvgIpc) is 1.94. The molecule has 0 saturated carbocycles. The smallest absolute Gasteiger partial charge is 0.245 e. The normalized spacial score (nSPS) is 27.3. The van der Waals surface area contributed by atoms with Crippen molar-refractivity contribution in [1.82, 2.24) is 10.6 Å². The van der Waals surface area contributed by atoms with Crippen molar-refractivity contribution in [2.75, 3.05) is 6.54 Å². The minimum atomic E-state index is -0.848. The van der Waals surface area contributed by atoms with Crippen molar-refractivity contribution in [3.05, 3.63) is 0 Å². The number of aliphatic hydroxyl groups excluding tert-OH is 1. The number of nitrogens with one attached hydrogen (secondary N) is 2. The van der Waals surface area contributed by atoms with Gasteiger partial charge in [0.05, 0.1) is 12.6 Å². The molecule has 62 valence electrons. The molecule has 11 heavy (non-hydrogen) atoms. The van der Waals surface area contributed by atoms with Crippen LogP contribution in [-0.2, 0) is 9.59 Å². The van der Waals surface area contributed by atoms with Crippen LogP contribution in [0.25, 0.3) is 0 Å². The summed E-state index contributed by atoms with van der Waals surface area (Å²) in [6.45, 7) is 1.46. The standard InChI is InChI=1S/C6H10N2O3/c1-3(9)5-6(11)7-2-4(10)8-5/h3,5,9H,2H2,1H3,(H,7,11)(H,8,10)/t3-,5+/m1/s1. The molecule has 0 aromatic heterocycles. The topological polar surface area (TPSA) is 78.4 Å². The van der Waals surface area contributed by atoms with Gasteiger partial charge in [-0.05, 0) is 6.92 Å². The van der Waals surface area contributed by atoms with E-state index in [0.29, 0.717) is 0 Å². The van der Waals surface area contributed by atoms with Gasteiger partial charge in [-0.3, -0.25) is 9.59 Å². The molecule has 0 bridgehead atoms. The van der Waals surface area contributed by atoms with Crippen LogP contribution < -0.4 is 10.6 Å². The van der Waals surface area contributed by atoms with Gasteiger partial charge in [-0.25, -0.2) is 0 Å². The van der Waals surface area contributed by atoms with Crippen molar-refractivity contribution in [2.45, 2.75) is 19.1 Å². The van der Waals surface area contributed by atoms with Crippen molar-refractivity contribution in [3.63, 3.8) is 0 Å². The Morgan fingerprint density at radius 1 is 1.64 bits per heavy atom. The Morgan fingerprint density at radius 2 is 2.27 bits per heavy atom. The Balaban J connectivity index is 2.61. The van der Waals surface area contributed by atoms with E-state index in [1.807, 2.05) is 0 Å². The first-order valence-electron chi connectivity index (χ1n) is 3.36. The van der Waals surface area contributed by atoms with Gasteiger partial charge in [-0.15, -0.1) is 0 Å². The van der Waals surface area contributed by atoms with Gasteiger partial charge in [0, 0.05) is 0 Å². The Bertz CT molecular complexity index is 190. The Morgan fingerprint density at radius 3 is 2.73 bits per heavy atom. The third kappa shape index (κ3) is 1.68. The van der Waals surface area contributed by atoms with Crippen LogP contribution in [0.4, 0.5) is 0 Å². The second kappa shape index (κ2) is 2.87. The summed E-state index contributed by atoms with van der Waals surface area (Å²) < 4.78 is 0. The van der Waals surface area contributed by atoms with Crippen LogP contribution in [0, 0.1) is 0 Å². The number of hydrogen-bond donors (Lipinski definition) is 3. The molecule has 1 saturated heterocycles. The number of rotatable bonds is 1. The fourth-order valence-electron chi connectivity index (χ4n) is 0.907. The van der Waals surface area contributed by atoms with Crippen molar-refractivity contribution < 1.29 is 14.7 Å². The lowest BCUT2D eigenvalue weighted by molar-refractivity contribution is -0.136. The summed E-state index contributed by atoms with van der Waals surface area (Å²) in [6.07, 6.45) is -0.848. The number of carbonyl (C=O) groups is 2. The zero-order chi connectivity index (χ0) is 8.43. The molecule has 0 aromatic carbocycles. The number of aliphatic hydroxyl groups is 1. The fraction of sp³-hybridized carbons (Fsp3) is 0.667. The summed E-state index contributed by atoms with van der Waals surface area (Å²) in [7, 11) is 0. The second-order valence-electron chi connectivity index (χ2n) is 2.50. The van der Waals surface area contributed by atoms with Crippen LogP contribution in [-0.4, -0.2) is 35.6 Å². The summed E-state index contributed by atoms with van der Waals surface area (Å²) in [5, 5.41) is 13.7. The lowest BCUT2D eigenvalue weighted by Gasteiger charge is -2.24. The molecule has 2 atom stereocenters. The third-order valence-electron chi connectivity index (χ3n) is 1.50. The second-order valence-corrected chi connectivity index (χ2v) is 2.50. The summed E-state index contributed by atoms with van der Waals surface area (Å²) in [6, 6.07) is -0.795. The first kappa shape index (κ1) is 8.00. The molecule has 1 rings (SSSR count). The SMILES string of the molecule is C[C@@H](O)[C@@H]1NC(=O)CNC1=O. The molecular formula is C6H10N2O3. The molecule has 0 radical (unpaired) electrons. The number of hydrogen-bond acceptors (Lipinski definition) is 3. The van der Waals surface area contributed by atoms with Gasteiger partial charge in [-0.2, -0.15) is 0 Å². The third-order valence-corrected chi connectivity index (χ3v) is 1.50. The number of amides is 2. The fourth-order valence-corrected chi connectivity index (χ4v) is 0.907. The molecule has 0 aliphatic carbocycles. The predicted molar refractivity (Wildman–Crippen MR) is 36.6 cm³/mol. The zero-order valence-corrected chi connectivity index (χ0v) is 6.13. The maximum atomic E-state index is 10.9. The van der Waals surface area contributed by atoms with Crippen LogP contribution in [0.2, 0.25) is 0 Å². The van der Waals surface area contributed by atoms with E-state index in [-0.39, 0.29) is 18.4 Å². The summed E-state index contributed by atoms with van der Waals surface area (Å²) in [5.74, 6) is -0.602. The van der Waals surface area contributed by atoms with Crippen LogP contribution in [0.3, 0.4) is 0 Å². The van der Waals surface area contributed by atoms with E-state index in [0.717, 1.165) is 0 Å². The molecular weight excluding hydrogens is 148 g/mol. The molecule has 0 unspecified atom stereocenters. The van der Waals surface area contributed by atoms with Crippen molar-refractivity contribution in [3.8, 4) is 0 Å². The summed E-state index contributed by atoms with van der Waals surface area (Å²) in [4.78, 5) is 21.6. The molecule has 2 amide bonds. The Hall–Kier alpha value is -1.10. The van der Waals surface area contributed by atoms with E-state index in [2.05, 4.69) is 10.6 Å². The molecule has 1 fully saturated rings. The first-order chi connectivity index (χ1) is 5.11. The van der Waals surface area contributed by atoms with E-state index in [9.17, 15) is 9.59 Å². The van der Waals surface area contributed by atoms with Gasteiger partial charge in [0.25, 0.3) is 0 Å². The van der Waals surface area contributed by atoms with E-state index >= 15 is 0 Å². The molecule has 0 aromatic rings. The van der Waals surface area contributed by atoms with Gasteiger partial charge in [0.1, 0.15) is 6.04 Å². The van der Waals surface area contributed by atoms with E-state index < -0.39 is 12.1 Å². The van der Waals surface area contributed by atoms with Crippen LogP contribution >= 0.6 is 0 Å². The Kier molecular flexibility index (Phi) is 2.09. The average molecular weight is 158 g/mol. The van der Waals surface area contributed by atoms with Gasteiger partial charge in [0.2, 0.25) is 11.8 Å². The molecule has 0 spiro atoms. The highest BCUT2D eigenvalue weighted by Crippen LogP contribution is 1.95. The monoisotopic (exact) mass is 158 g/mol. The molecule has 1 aliphatic rings. The predicted octanol–water partition coefficient (Wildman–Crippen LogP) is -2.02. The quantitative estimate of drug-likeness (QED) is 0.412. The van der Waals surface area contributed by atoms with Crippen molar-refractivity contribution in [2.24, 2.45) is 0 Å². The summed E-state index contributed by atoms with van der Waals surface area (Å²) >= 11 is 0. The van der Waals surface area contributed by atoms with Crippen molar-refractivity contribution in [1.29, 1.82) is 0 Å². The Labute approximate surface area is 63.8 Å². The highest BCUT2D eigenvalue weighted by atomic mass is 16.3. The molecule has 5 heteroatoms. The maximum absolute atomic E-state index is 10.9. The van der Waals surface area contributed by atoms with Crippen LogP contribution in [0.15, 0.2) is 0 Å². The lowest BCUT2D eigenvalue weighted by Crippen LogP contribution is -2.60. The maximum Gasteiger partial charge on any atom is 0.245 e. The van der Waals surface area contributed by atoms with E-state index in [4.69, 9.17) is 5.11 Å². The van der Waals surface area contributed by atoms with Crippen molar-refractivity contribution >= 4 is 11.8 Å². The van der Waals surface area contributed by atoms with Crippen LogP contribution in [0.5, 0.6) is 0 Å². The molecule has 1 aliphatic heterocycles. The molecule has 1 heterocycles. The molecule has 5 nitrogen and oxygen atoms in total. The minimum absolute atomic E-state index is 0.00204. The largest absolute Gasteiger partial charge is 0.391 e. The van der Waals surface area contributed by atoms with E-state index in [1.54, 1.807) is 0 Å². The van der Waals surface area contributed by atoms with E-state index in [1.165, 1.54) is 6.92 Å². The zero-order valence-electron chi connectivity index (χ0n) is 6.13. The number of piperazine rings is 1. The lowest BCUT2D eigenvalue weighted by atomic mass is 10.1. The van der Waals surface area contributed by atoms with Gasteiger partial charge in [-0.1, -0.05) is 0 Å². The highest BCUT2D eigenvalue weighted by Gasteiger charge is 2.29. The minimum Gasteiger partial charge on any atom is -0.391 e. The van der Waals surface area contributed by atoms with Gasteiger partial charge >= 0.3 is 0 Å². The first-order valence-corrected chi connectivity index (χ1v) is 3.36. The highest BCUT2D eigenvalue weighted by molar-refractivity contribution is 5.95. The molecule has 3 N–H and O–H groups in total. The van der Waals surface area contributed by atoms with Crippen LogP contribution in [0.1, 0.15) is 6.92 Å². The summed E-state index contributed by atoms with van der Waals surface area (Å²) in [5.41, 5.74) is 0. The van der Waals surface area contributed by atoms with Gasteiger partial charge in [0.15, 0.2) is 0 Å². The van der Waals surface area contributed by atoms with Gasteiger partial charge < -0.3 is 15.7 Å².